The number of rotatable bonds is 3. The van der Waals surface area contributed by atoms with E-state index in [0.29, 0.717) is 9.92 Å². The Kier molecular flexibility index (Phi) is 4.36. The smallest absolute Gasteiger partial charge is 0.327 e. The first-order valence-corrected chi connectivity index (χ1v) is 8.96. The molecule has 30 heavy (non-hydrogen) atoms. The molecule has 1 saturated heterocycles. The molecule has 1 fully saturated rings. The topological polar surface area (TPSA) is 173 Å². The van der Waals surface area contributed by atoms with E-state index in [-0.39, 0.29) is 11.4 Å². The van der Waals surface area contributed by atoms with Gasteiger partial charge in [-0.3, -0.25) is 29.1 Å². The van der Waals surface area contributed by atoms with Crippen LogP contribution in [0, 0.1) is 0 Å². The van der Waals surface area contributed by atoms with E-state index in [1.165, 1.54) is 24.3 Å². The molecule has 3 heterocycles. The van der Waals surface area contributed by atoms with E-state index in [1.54, 1.807) is 0 Å². The van der Waals surface area contributed by atoms with Crippen LogP contribution in [0.2, 0.25) is 5.02 Å². The van der Waals surface area contributed by atoms with E-state index in [9.17, 15) is 34.2 Å². The number of H-pyrrole nitrogens is 2. The Balaban J connectivity index is 2.13. The van der Waals surface area contributed by atoms with Gasteiger partial charge in [0.05, 0.1) is 17.7 Å². The van der Waals surface area contributed by atoms with Gasteiger partial charge >= 0.3 is 5.69 Å². The second-order valence-corrected chi connectivity index (χ2v) is 7.00. The van der Waals surface area contributed by atoms with Gasteiger partial charge in [0.15, 0.2) is 5.54 Å². The van der Waals surface area contributed by atoms with Gasteiger partial charge in [0.1, 0.15) is 11.6 Å². The number of hydrogen-bond acceptors (Lipinski definition) is 7. The van der Waals surface area contributed by atoms with Gasteiger partial charge in [0.25, 0.3) is 23.2 Å². The summed E-state index contributed by atoms with van der Waals surface area (Å²) in [4.78, 5) is 67.9. The number of aliphatic hydroxyl groups is 2. The molecule has 12 heteroatoms. The second kappa shape index (κ2) is 6.68. The van der Waals surface area contributed by atoms with Crippen molar-refractivity contribution in [3.05, 3.63) is 66.8 Å². The van der Waals surface area contributed by atoms with Gasteiger partial charge in [-0.05, 0) is 24.3 Å². The lowest BCUT2D eigenvalue weighted by Crippen LogP contribution is -2.52. The minimum absolute atomic E-state index is 0.0582. The van der Waals surface area contributed by atoms with Crippen LogP contribution in [-0.4, -0.2) is 55.8 Å². The molecule has 4 rings (SSSR count). The molecule has 2 aliphatic heterocycles. The standard InChI is InChI=1S/C18H13ClN4O7/c19-8-3-1-7(2-4-8)11(25)9-12(26)15(28)23(5-6-24)18(9)10-13(20-16(18)29)21-17(30)22-14(10)27/h1-4,24-25H,5-6H2,(H3,20,21,22,27,29,30)/b11-9-. The number of halogens is 1. The maximum absolute atomic E-state index is 13.1. The predicted molar refractivity (Wildman–Crippen MR) is 103 cm³/mol. The number of aromatic amines is 2. The summed E-state index contributed by atoms with van der Waals surface area (Å²) in [5.41, 5.74) is -5.41. The highest BCUT2D eigenvalue weighted by molar-refractivity contribution is 6.49. The molecule has 1 atom stereocenters. The van der Waals surface area contributed by atoms with Crippen molar-refractivity contribution in [2.24, 2.45) is 0 Å². The number of amides is 2. The molecule has 1 unspecified atom stereocenters. The van der Waals surface area contributed by atoms with Crippen LogP contribution in [0.3, 0.4) is 0 Å². The molecule has 0 aliphatic carbocycles. The number of ketones is 1. The van der Waals surface area contributed by atoms with Crippen molar-refractivity contribution in [3.8, 4) is 0 Å². The van der Waals surface area contributed by atoms with Crippen molar-refractivity contribution in [2.75, 3.05) is 18.5 Å². The van der Waals surface area contributed by atoms with Crippen LogP contribution in [0.1, 0.15) is 11.1 Å². The number of aromatic nitrogens is 2. The van der Waals surface area contributed by atoms with Gasteiger partial charge in [0.2, 0.25) is 0 Å². The highest BCUT2D eigenvalue weighted by atomic mass is 35.5. The number of anilines is 1. The lowest BCUT2D eigenvalue weighted by Gasteiger charge is -2.32. The Morgan fingerprint density at radius 1 is 1.07 bits per heavy atom. The SMILES string of the molecule is O=C1C(=O)N(CCO)C2(C(=O)Nc3[nH]c(=O)[nH]c(=O)c32)/C1=C(\O)c1ccc(Cl)cc1. The number of fused-ring (bicyclic) bond motifs is 2. The normalized spacial score (nSPS) is 21.9. The van der Waals surface area contributed by atoms with Crippen molar-refractivity contribution >= 4 is 40.8 Å². The van der Waals surface area contributed by atoms with Crippen LogP contribution in [-0.2, 0) is 19.9 Å². The van der Waals surface area contributed by atoms with Crippen molar-refractivity contribution in [1.29, 1.82) is 0 Å². The summed E-state index contributed by atoms with van der Waals surface area (Å²) in [7, 11) is 0. The van der Waals surface area contributed by atoms with E-state index in [1.807, 2.05) is 4.98 Å². The van der Waals surface area contributed by atoms with Gasteiger partial charge in [-0.15, -0.1) is 0 Å². The zero-order valence-electron chi connectivity index (χ0n) is 15.0. The van der Waals surface area contributed by atoms with Crippen molar-refractivity contribution in [3.63, 3.8) is 0 Å². The van der Waals surface area contributed by atoms with Crippen LogP contribution in [0.15, 0.2) is 39.4 Å². The Labute approximate surface area is 171 Å². The number of nitrogens with zero attached hydrogens (tertiary/aromatic N) is 1. The molecular weight excluding hydrogens is 420 g/mol. The first kappa shape index (κ1) is 19.6. The number of carbonyl (C=O) groups excluding carboxylic acids is 3. The summed E-state index contributed by atoms with van der Waals surface area (Å²) in [5.74, 6) is -4.50. The Morgan fingerprint density at radius 3 is 2.37 bits per heavy atom. The molecular formula is C18H13ClN4O7. The van der Waals surface area contributed by atoms with Crippen LogP contribution in [0.4, 0.5) is 5.82 Å². The van der Waals surface area contributed by atoms with Gasteiger partial charge in [-0.2, -0.15) is 0 Å². The molecule has 1 aromatic carbocycles. The van der Waals surface area contributed by atoms with E-state index in [0.717, 1.165) is 0 Å². The van der Waals surface area contributed by atoms with E-state index in [4.69, 9.17) is 11.6 Å². The summed E-state index contributed by atoms with van der Waals surface area (Å²) in [5, 5.41) is 22.9. The van der Waals surface area contributed by atoms with Gasteiger partial charge in [-0.1, -0.05) is 11.6 Å². The number of likely N-dealkylation sites (tertiary alicyclic amines) is 1. The molecule has 0 bridgehead atoms. The molecule has 2 aromatic rings. The maximum atomic E-state index is 13.1. The Bertz CT molecular complexity index is 1260. The largest absolute Gasteiger partial charge is 0.507 e. The predicted octanol–water partition coefficient (Wildman–Crippen LogP) is -0.763. The second-order valence-electron chi connectivity index (χ2n) is 6.56. The minimum Gasteiger partial charge on any atom is -0.507 e. The molecule has 0 saturated carbocycles. The third kappa shape index (κ3) is 2.46. The maximum Gasteiger partial charge on any atom is 0.327 e. The number of Topliss-reactive ketones (excluding diaryl/α,β-unsaturated/α-hetero) is 1. The lowest BCUT2D eigenvalue weighted by atomic mass is 9.83. The minimum atomic E-state index is -2.38. The van der Waals surface area contributed by atoms with E-state index in [2.05, 4.69) is 10.3 Å². The Hall–Kier alpha value is -3.70. The molecule has 1 aromatic heterocycles. The molecule has 2 aliphatic rings. The number of nitrogens with one attached hydrogen (secondary N) is 3. The number of aliphatic hydroxyl groups excluding tert-OH is 2. The summed E-state index contributed by atoms with van der Waals surface area (Å²) < 4.78 is 0. The summed E-state index contributed by atoms with van der Waals surface area (Å²) >= 11 is 5.84. The third-order valence-electron chi connectivity index (χ3n) is 4.98. The summed E-state index contributed by atoms with van der Waals surface area (Å²) in [6, 6.07) is 5.55. The third-order valence-corrected chi connectivity index (χ3v) is 5.23. The quantitative estimate of drug-likeness (QED) is 0.241. The van der Waals surface area contributed by atoms with Crippen LogP contribution < -0.4 is 16.6 Å². The number of benzene rings is 1. The molecule has 154 valence electrons. The monoisotopic (exact) mass is 432 g/mol. The Morgan fingerprint density at radius 2 is 1.73 bits per heavy atom. The van der Waals surface area contributed by atoms with Gasteiger partial charge in [-0.25, -0.2) is 4.79 Å². The highest BCUT2D eigenvalue weighted by Crippen LogP contribution is 2.49. The van der Waals surface area contributed by atoms with Crippen molar-refractivity contribution in [1.82, 2.24) is 14.9 Å². The van der Waals surface area contributed by atoms with E-state index < -0.39 is 64.4 Å². The number of carbonyl (C=O) groups is 3. The number of hydrogen-bond donors (Lipinski definition) is 5. The fourth-order valence-electron chi connectivity index (χ4n) is 3.82. The van der Waals surface area contributed by atoms with Crippen molar-refractivity contribution < 1.29 is 24.6 Å². The van der Waals surface area contributed by atoms with Crippen LogP contribution in [0.5, 0.6) is 0 Å². The van der Waals surface area contributed by atoms with Crippen molar-refractivity contribution in [2.45, 2.75) is 5.54 Å². The first-order chi connectivity index (χ1) is 14.2. The number of β-amino-alcohol motifs (C(OH)–C–C–N with tert-alkyl or cyclic N) is 1. The van der Waals surface area contributed by atoms with Crippen LogP contribution >= 0.6 is 11.6 Å². The van der Waals surface area contributed by atoms with Crippen LogP contribution in [0.25, 0.3) is 5.76 Å². The van der Waals surface area contributed by atoms with Gasteiger partial charge < -0.3 is 20.4 Å². The zero-order chi connectivity index (χ0) is 21.8. The average Bonchev–Trinajstić information content (AvgIpc) is 3.09. The average molecular weight is 433 g/mol. The molecule has 2 amide bonds. The fraction of sp³-hybridized carbons (Fsp3) is 0.167. The first-order valence-electron chi connectivity index (χ1n) is 8.58. The summed E-state index contributed by atoms with van der Waals surface area (Å²) in [6.07, 6.45) is 0. The molecule has 11 nitrogen and oxygen atoms in total. The lowest BCUT2D eigenvalue weighted by molar-refractivity contribution is -0.143. The highest BCUT2D eigenvalue weighted by Gasteiger charge is 2.66. The molecule has 0 radical (unpaired) electrons. The van der Waals surface area contributed by atoms with E-state index >= 15 is 0 Å². The van der Waals surface area contributed by atoms with Gasteiger partial charge in [0, 0.05) is 17.1 Å². The zero-order valence-corrected chi connectivity index (χ0v) is 15.7. The summed E-state index contributed by atoms with van der Waals surface area (Å²) in [6.45, 7) is -1.13. The fourth-order valence-corrected chi connectivity index (χ4v) is 3.95. The molecule has 5 N–H and O–H groups in total. The molecule has 1 spiro atoms.